The predicted molar refractivity (Wildman–Crippen MR) is 104 cm³/mol. The summed E-state index contributed by atoms with van der Waals surface area (Å²) in [6, 6.07) is 7.12. The lowest BCUT2D eigenvalue weighted by Gasteiger charge is -2.27. The molecule has 0 heterocycles. The molecule has 0 atom stereocenters. The fraction of sp³-hybridized carbons (Fsp3) is 0.619. The van der Waals surface area contributed by atoms with Crippen LogP contribution >= 0.6 is 11.6 Å². The van der Waals surface area contributed by atoms with E-state index in [0.29, 0.717) is 24.5 Å². The zero-order valence-electron chi connectivity index (χ0n) is 16.2. The van der Waals surface area contributed by atoms with E-state index >= 15 is 0 Å². The molecule has 146 valence electrons. The Bertz CT molecular complexity index is 567. The van der Waals surface area contributed by atoms with Gasteiger partial charge in [0.15, 0.2) is 5.41 Å². The van der Waals surface area contributed by atoms with E-state index in [4.69, 9.17) is 21.1 Å². The molecule has 0 radical (unpaired) electrons. The van der Waals surface area contributed by atoms with Gasteiger partial charge in [-0.2, -0.15) is 0 Å². The first-order valence-electron chi connectivity index (χ1n) is 9.59. The molecule has 0 fully saturated rings. The summed E-state index contributed by atoms with van der Waals surface area (Å²) >= 11 is 5.94. The number of carbonyl (C=O) groups is 2. The number of esters is 2. The van der Waals surface area contributed by atoms with Gasteiger partial charge in [-0.1, -0.05) is 70.2 Å². The van der Waals surface area contributed by atoms with Crippen molar-refractivity contribution >= 4 is 23.5 Å². The van der Waals surface area contributed by atoms with Crippen LogP contribution in [0.5, 0.6) is 0 Å². The summed E-state index contributed by atoms with van der Waals surface area (Å²) in [5, 5.41) is 0.582. The minimum atomic E-state index is -1.23. The van der Waals surface area contributed by atoms with Gasteiger partial charge in [-0.15, -0.1) is 0 Å². The number of rotatable bonds is 12. The topological polar surface area (TPSA) is 52.6 Å². The van der Waals surface area contributed by atoms with E-state index in [1.807, 2.05) is 19.9 Å². The third-order valence-corrected chi connectivity index (χ3v) is 4.96. The molecule has 1 aromatic carbocycles. The van der Waals surface area contributed by atoms with Crippen molar-refractivity contribution in [2.75, 3.05) is 6.61 Å². The maximum absolute atomic E-state index is 12.6. The molecular weight excluding hydrogens is 352 g/mol. The van der Waals surface area contributed by atoms with Crippen LogP contribution in [-0.4, -0.2) is 18.5 Å². The molecule has 0 bridgehead atoms. The summed E-state index contributed by atoms with van der Waals surface area (Å²) in [7, 11) is 0. The molecule has 1 rings (SSSR count). The van der Waals surface area contributed by atoms with E-state index in [0.717, 1.165) is 24.8 Å². The molecule has 4 nitrogen and oxygen atoms in total. The number of benzene rings is 1. The highest BCUT2D eigenvalue weighted by atomic mass is 35.5. The van der Waals surface area contributed by atoms with Gasteiger partial charge in [0.25, 0.3) is 0 Å². The molecule has 0 spiro atoms. The SMILES string of the molecule is CCCCCCCOC(=O)C(CC)(CC)C(=O)OCc1cccc(Cl)c1. The summed E-state index contributed by atoms with van der Waals surface area (Å²) in [5.74, 6) is -1.01. The van der Waals surface area contributed by atoms with E-state index < -0.39 is 17.4 Å². The molecule has 0 N–H and O–H groups in total. The Hall–Kier alpha value is -1.55. The van der Waals surface area contributed by atoms with Gasteiger partial charge in [0.1, 0.15) is 6.61 Å². The fourth-order valence-electron chi connectivity index (χ4n) is 2.83. The summed E-state index contributed by atoms with van der Waals surface area (Å²) in [5.41, 5.74) is -0.446. The second kappa shape index (κ2) is 11.9. The van der Waals surface area contributed by atoms with Crippen molar-refractivity contribution in [3.8, 4) is 0 Å². The highest BCUT2D eigenvalue weighted by molar-refractivity contribution is 6.30. The Morgan fingerprint density at radius 1 is 0.962 bits per heavy atom. The molecule has 0 aliphatic carbocycles. The van der Waals surface area contributed by atoms with Crippen LogP contribution in [0.25, 0.3) is 0 Å². The van der Waals surface area contributed by atoms with Crippen molar-refractivity contribution < 1.29 is 19.1 Å². The second-order valence-electron chi connectivity index (χ2n) is 6.55. The van der Waals surface area contributed by atoms with Crippen LogP contribution in [0.1, 0.15) is 71.3 Å². The van der Waals surface area contributed by atoms with Gasteiger partial charge < -0.3 is 9.47 Å². The van der Waals surface area contributed by atoms with E-state index in [2.05, 4.69) is 6.92 Å². The van der Waals surface area contributed by atoms with E-state index in [1.54, 1.807) is 18.2 Å². The number of halogens is 1. The van der Waals surface area contributed by atoms with Gasteiger partial charge in [0.2, 0.25) is 0 Å². The van der Waals surface area contributed by atoms with E-state index in [-0.39, 0.29) is 6.61 Å². The largest absolute Gasteiger partial charge is 0.465 e. The molecule has 0 aliphatic heterocycles. The van der Waals surface area contributed by atoms with E-state index in [1.165, 1.54) is 12.8 Å². The van der Waals surface area contributed by atoms with Gasteiger partial charge in [-0.3, -0.25) is 9.59 Å². The average molecular weight is 383 g/mol. The average Bonchev–Trinajstić information content (AvgIpc) is 2.64. The van der Waals surface area contributed by atoms with Gasteiger partial charge in [0.05, 0.1) is 6.61 Å². The maximum atomic E-state index is 12.6. The first-order valence-corrected chi connectivity index (χ1v) is 9.96. The van der Waals surface area contributed by atoms with Crippen molar-refractivity contribution in [2.45, 2.75) is 72.3 Å². The number of carbonyl (C=O) groups excluding carboxylic acids is 2. The Morgan fingerprint density at radius 3 is 2.23 bits per heavy atom. The summed E-state index contributed by atoms with van der Waals surface area (Å²) in [4.78, 5) is 25.2. The molecule has 26 heavy (non-hydrogen) atoms. The van der Waals surface area contributed by atoms with Crippen LogP contribution < -0.4 is 0 Å². The Labute approximate surface area is 162 Å². The first kappa shape index (κ1) is 22.5. The highest BCUT2D eigenvalue weighted by Crippen LogP contribution is 2.30. The lowest BCUT2D eigenvalue weighted by molar-refractivity contribution is -0.174. The van der Waals surface area contributed by atoms with Crippen molar-refractivity contribution in [2.24, 2.45) is 5.41 Å². The van der Waals surface area contributed by atoms with Crippen LogP contribution in [0, 0.1) is 5.41 Å². The Morgan fingerprint density at radius 2 is 1.62 bits per heavy atom. The Balaban J connectivity index is 2.59. The lowest BCUT2D eigenvalue weighted by Crippen LogP contribution is -2.41. The van der Waals surface area contributed by atoms with E-state index in [9.17, 15) is 9.59 Å². The maximum Gasteiger partial charge on any atom is 0.323 e. The van der Waals surface area contributed by atoms with Gasteiger partial charge in [0, 0.05) is 5.02 Å². The standard InChI is InChI=1S/C21H31ClO4/c1-4-7-8-9-10-14-25-19(23)21(5-2,6-3)20(24)26-16-17-12-11-13-18(22)15-17/h11-13,15H,4-10,14,16H2,1-3H3. The number of unbranched alkanes of at least 4 members (excludes halogenated alkanes) is 4. The summed E-state index contributed by atoms with van der Waals surface area (Å²) in [6.45, 7) is 6.22. The van der Waals surface area contributed by atoms with Crippen molar-refractivity contribution in [3.63, 3.8) is 0 Å². The summed E-state index contributed by atoms with van der Waals surface area (Å²) in [6.07, 6.45) is 6.07. The number of ether oxygens (including phenoxy) is 2. The number of hydrogen-bond acceptors (Lipinski definition) is 4. The lowest BCUT2D eigenvalue weighted by atomic mass is 9.82. The Kier molecular flexibility index (Phi) is 10.3. The molecule has 0 amide bonds. The smallest absolute Gasteiger partial charge is 0.323 e. The molecule has 0 saturated carbocycles. The quantitative estimate of drug-likeness (QED) is 0.264. The van der Waals surface area contributed by atoms with Crippen LogP contribution in [0.15, 0.2) is 24.3 Å². The molecule has 0 aliphatic rings. The first-order chi connectivity index (χ1) is 12.5. The minimum Gasteiger partial charge on any atom is -0.465 e. The van der Waals surface area contributed by atoms with Crippen molar-refractivity contribution in [1.29, 1.82) is 0 Å². The fourth-order valence-corrected chi connectivity index (χ4v) is 3.05. The van der Waals surface area contributed by atoms with Gasteiger partial charge >= 0.3 is 11.9 Å². The van der Waals surface area contributed by atoms with Gasteiger partial charge in [-0.25, -0.2) is 0 Å². The van der Waals surface area contributed by atoms with Crippen LogP contribution in [0.2, 0.25) is 5.02 Å². The van der Waals surface area contributed by atoms with Crippen molar-refractivity contribution in [3.05, 3.63) is 34.9 Å². The van der Waals surface area contributed by atoms with Crippen molar-refractivity contribution in [1.82, 2.24) is 0 Å². The van der Waals surface area contributed by atoms with Gasteiger partial charge in [-0.05, 0) is 37.0 Å². The highest BCUT2D eigenvalue weighted by Gasteiger charge is 2.45. The molecule has 1 aromatic rings. The molecule has 0 aromatic heterocycles. The third-order valence-electron chi connectivity index (χ3n) is 4.73. The number of hydrogen-bond donors (Lipinski definition) is 0. The summed E-state index contributed by atoms with van der Waals surface area (Å²) < 4.78 is 10.8. The second-order valence-corrected chi connectivity index (χ2v) is 6.98. The normalized spacial score (nSPS) is 11.2. The van der Waals surface area contributed by atoms with Crippen LogP contribution in [0.4, 0.5) is 0 Å². The van der Waals surface area contributed by atoms with Crippen LogP contribution in [0.3, 0.4) is 0 Å². The monoisotopic (exact) mass is 382 g/mol. The molecule has 0 unspecified atom stereocenters. The predicted octanol–water partition coefficient (Wildman–Crippen LogP) is 5.70. The molecular formula is C21H31ClO4. The third kappa shape index (κ3) is 6.64. The molecule has 0 saturated heterocycles. The molecule has 5 heteroatoms. The van der Waals surface area contributed by atoms with Crippen LogP contribution in [-0.2, 0) is 25.7 Å². The minimum absolute atomic E-state index is 0.0887. The zero-order valence-corrected chi connectivity index (χ0v) is 16.9. The zero-order chi connectivity index (χ0) is 19.4.